The SMILES string of the molecule is CCC1(C(=O)NCCNc2ccccc2[N+](=O)[O-])CCCN1.Cl. The molecule has 1 unspecified atom stereocenters. The van der Waals surface area contributed by atoms with Gasteiger partial charge in [0, 0.05) is 19.2 Å². The third kappa shape index (κ3) is 4.56. The van der Waals surface area contributed by atoms with Crippen LogP contribution in [0, 0.1) is 10.1 Å². The Morgan fingerprint density at radius 1 is 1.39 bits per heavy atom. The highest BCUT2D eigenvalue weighted by Crippen LogP contribution is 2.24. The second kappa shape index (κ2) is 8.69. The number of nitrogens with zero attached hydrogens (tertiary/aromatic N) is 1. The molecule has 0 aliphatic carbocycles. The summed E-state index contributed by atoms with van der Waals surface area (Å²) in [7, 11) is 0. The Morgan fingerprint density at radius 2 is 2.13 bits per heavy atom. The van der Waals surface area contributed by atoms with Crippen molar-refractivity contribution in [3.05, 3.63) is 34.4 Å². The van der Waals surface area contributed by atoms with Crippen LogP contribution < -0.4 is 16.0 Å². The summed E-state index contributed by atoms with van der Waals surface area (Å²) in [6, 6.07) is 6.48. The van der Waals surface area contributed by atoms with Crippen LogP contribution in [0.3, 0.4) is 0 Å². The molecule has 1 heterocycles. The zero-order valence-corrected chi connectivity index (χ0v) is 13.9. The number of nitro groups is 1. The van der Waals surface area contributed by atoms with Crippen LogP contribution in [-0.4, -0.2) is 36.0 Å². The van der Waals surface area contributed by atoms with Gasteiger partial charge >= 0.3 is 0 Å². The highest BCUT2D eigenvalue weighted by Gasteiger charge is 2.38. The fourth-order valence-corrected chi connectivity index (χ4v) is 2.79. The number of anilines is 1. The minimum atomic E-state index is -0.446. The van der Waals surface area contributed by atoms with Crippen molar-refractivity contribution in [1.82, 2.24) is 10.6 Å². The number of carbonyl (C=O) groups is 1. The van der Waals surface area contributed by atoms with Crippen molar-refractivity contribution in [2.24, 2.45) is 0 Å². The zero-order valence-electron chi connectivity index (χ0n) is 13.1. The third-order valence-electron chi connectivity index (χ3n) is 4.11. The summed E-state index contributed by atoms with van der Waals surface area (Å²) in [6.45, 7) is 3.74. The van der Waals surface area contributed by atoms with E-state index in [9.17, 15) is 14.9 Å². The van der Waals surface area contributed by atoms with E-state index in [1.807, 2.05) is 6.92 Å². The lowest BCUT2D eigenvalue weighted by Gasteiger charge is -2.26. The predicted octanol–water partition coefficient (Wildman–Crippen LogP) is 2.08. The molecule has 0 spiro atoms. The van der Waals surface area contributed by atoms with Crippen LogP contribution in [-0.2, 0) is 4.79 Å². The normalized spacial score (nSPS) is 19.7. The standard InChI is InChI=1S/C15H22N4O3.ClH/c1-2-15(8-5-9-18-15)14(20)17-11-10-16-12-6-3-4-7-13(12)19(21)22;/h3-4,6-7,16,18H,2,5,8-11H2,1H3,(H,17,20);1H. The maximum atomic E-state index is 12.3. The molecule has 0 saturated carbocycles. The van der Waals surface area contributed by atoms with E-state index in [1.54, 1.807) is 18.2 Å². The molecular formula is C15H23ClN4O3. The maximum Gasteiger partial charge on any atom is 0.292 e. The van der Waals surface area contributed by atoms with Gasteiger partial charge in [0.25, 0.3) is 5.69 Å². The van der Waals surface area contributed by atoms with Crippen LogP contribution in [0.2, 0.25) is 0 Å². The molecule has 128 valence electrons. The van der Waals surface area contributed by atoms with E-state index in [4.69, 9.17) is 0 Å². The first-order valence-corrected chi connectivity index (χ1v) is 7.60. The number of hydrogen-bond donors (Lipinski definition) is 3. The summed E-state index contributed by atoms with van der Waals surface area (Å²) in [5, 5.41) is 20.1. The van der Waals surface area contributed by atoms with Crippen molar-refractivity contribution in [3.8, 4) is 0 Å². The molecule has 1 aliphatic heterocycles. The number of amides is 1. The number of hydrogen-bond acceptors (Lipinski definition) is 5. The first-order chi connectivity index (χ1) is 10.6. The van der Waals surface area contributed by atoms with Crippen LogP contribution in [0.4, 0.5) is 11.4 Å². The monoisotopic (exact) mass is 342 g/mol. The summed E-state index contributed by atoms with van der Waals surface area (Å²) in [4.78, 5) is 22.8. The first kappa shape index (κ1) is 19.2. The van der Waals surface area contributed by atoms with Gasteiger partial charge in [-0.25, -0.2) is 0 Å². The van der Waals surface area contributed by atoms with Crippen molar-refractivity contribution < 1.29 is 9.72 Å². The Balaban J connectivity index is 0.00000264. The van der Waals surface area contributed by atoms with Crippen LogP contribution in [0.25, 0.3) is 0 Å². The van der Waals surface area contributed by atoms with Gasteiger partial charge < -0.3 is 16.0 Å². The van der Waals surface area contributed by atoms with Crippen LogP contribution in [0.1, 0.15) is 26.2 Å². The minimum Gasteiger partial charge on any atom is -0.378 e. The number of nitrogens with one attached hydrogen (secondary N) is 3. The zero-order chi connectivity index (χ0) is 16.0. The van der Waals surface area contributed by atoms with Crippen molar-refractivity contribution in [2.75, 3.05) is 25.0 Å². The van der Waals surface area contributed by atoms with Gasteiger partial charge in [-0.05, 0) is 31.9 Å². The van der Waals surface area contributed by atoms with Gasteiger partial charge in [-0.2, -0.15) is 0 Å². The Hall–Kier alpha value is -1.86. The number of para-hydroxylation sites is 2. The van der Waals surface area contributed by atoms with Crippen molar-refractivity contribution >= 4 is 29.7 Å². The molecule has 1 fully saturated rings. The third-order valence-corrected chi connectivity index (χ3v) is 4.11. The molecule has 23 heavy (non-hydrogen) atoms. The predicted molar refractivity (Wildman–Crippen MR) is 92.1 cm³/mol. The molecule has 1 atom stereocenters. The summed E-state index contributed by atoms with van der Waals surface area (Å²) in [5.41, 5.74) is 0.0564. The van der Waals surface area contributed by atoms with Gasteiger partial charge in [0.15, 0.2) is 0 Å². The highest BCUT2D eigenvalue weighted by molar-refractivity contribution is 5.86. The average Bonchev–Trinajstić information content (AvgIpc) is 3.02. The lowest BCUT2D eigenvalue weighted by Crippen LogP contribution is -2.53. The first-order valence-electron chi connectivity index (χ1n) is 7.60. The lowest BCUT2D eigenvalue weighted by atomic mass is 9.93. The van der Waals surface area contributed by atoms with Gasteiger partial charge in [0.2, 0.25) is 5.91 Å². The van der Waals surface area contributed by atoms with Crippen molar-refractivity contribution in [1.29, 1.82) is 0 Å². The average molecular weight is 343 g/mol. The number of halogens is 1. The van der Waals surface area contributed by atoms with Crippen molar-refractivity contribution in [3.63, 3.8) is 0 Å². The fourth-order valence-electron chi connectivity index (χ4n) is 2.79. The Bertz CT molecular complexity index is 547. The molecule has 2 rings (SSSR count). The summed E-state index contributed by atoms with van der Waals surface area (Å²) < 4.78 is 0. The summed E-state index contributed by atoms with van der Waals surface area (Å²) >= 11 is 0. The molecule has 1 aliphatic rings. The molecule has 0 aromatic heterocycles. The molecule has 1 amide bonds. The van der Waals surface area contributed by atoms with E-state index in [0.29, 0.717) is 18.8 Å². The molecule has 0 bridgehead atoms. The molecule has 1 aromatic carbocycles. The quantitative estimate of drug-likeness (QED) is 0.400. The maximum absolute atomic E-state index is 12.3. The minimum absolute atomic E-state index is 0. The van der Waals surface area contributed by atoms with Gasteiger partial charge in [0.05, 0.1) is 10.5 Å². The fraction of sp³-hybridized carbons (Fsp3) is 0.533. The van der Waals surface area contributed by atoms with Gasteiger partial charge in [0.1, 0.15) is 5.69 Å². The second-order valence-corrected chi connectivity index (χ2v) is 5.42. The van der Waals surface area contributed by atoms with Crippen LogP contribution in [0.15, 0.2) is 24.3 Å². The Labute approximate surface area is 141 Å². The molecule has 8 heteroatoms. The second-order valence-electron chi connectivity index (χ2n) is 5.42. The number of rotatable bonds is 7. The molecule has 1 saturated heterocycles. The smallest absolute Gasteiger partial charge is 0.292 e. The summed E-state index contributed by atoms with van der Waals surface area (Å²) in [6.07, 6.45) is 2.62. The Kier molecular flexibility index (Phi) is 7.25. The molecule has 3 N–H and O–H groups in total. The number of benzene rings is 1. The largest absolute Gasteiger partial charge is 0.378 e. The van der Waals surface area contributed by atoms with E-state index in [-0.39, 0.29) is 24.0 Å². The molecular weight excluding hydrogens is 320 g/mol. The molecule has 0 radical (unpaired) electrons. The van der Waals surface area contributed by atoms with Gasteiger partial charge in [-0.15, -0.1) is 12.4 Å². The van der Waals surface area contributed by atoms with E-state index in [1.165, 1.54) is 6.07 Å². The Morgan fingerprint density at radius 3 is 2.74 bits per heavy atom. The lowest BCUT2D eigenvalue weighted by molar-refractivity contribution is -0.384. The van der Waals surface area contributed by atoms with E-state index in [0.717, 1.165) is 25.8 Å². The topological polar surface area (TPSA) is 96.3 Å². The summed E-state index contributed by atoms with van der Waals surface area (Å²) in [5.74, 6) is 0.0110. The van der Waals surface area contributed by atoms with Crippen molar-refractivity contribution in [2.45, 2.75) is 31.7 Å². The molecule has 7 nitrogen and oxygen atoms in total. The number of nitro benzene ring substituents is 1. The van der Waals surface area contributed by atoms with Gasteiger partial charge in [-0.1, -0.05) is 19.1 Å². The number of carbonyl (C=O) groups excluding carboxylic acids is 1. The van der Waals surface area contributed by atoms with Gasteiger partial charge in [-0.3, -0.25) is 14.9 Å². The van der Waals surface area contributed by atoms with Crippen LogP contribution >= 0.6 is 12.4 Å². The van der Waals surface area contributed by atoms with Crippen LogP contribution in [0.5, 0.6) is 0 Å². The van der Waals surface area contributed by atoms with E-state index >= 15 is 0 Å². The van der Waals surface area contributed by atoms with E-state index in [2.05, 4.69) is 16.0 Å². The van der Waals surface area contributed by atoms with E-state index < -0.39 is 10.5 Å². The molecule has 1 aromatic rings. The highest BCUT2D eigenvalue weighted by atomic mass is 35.5.